The van der Waals surface area contributed by atoms with Crippen LogP contribution in [-0.2, 0) is 4.74 Å². The van der Waals surface area contributed by atoms with E-state index in [4.69, 9.17) is 5.11 Å². The number of hydrogen-bond donors (Lipinski definition) is 1. The van der Waals surface area contributed by atoms with Crippen LogP contribution in [0.3, 0.4) is 0 Å². The average molecular weight is 138 g/mol. The van der Waals surface area contributed by atoms with Gasteiger partial charge in [0.2, 0.25) is 0 Å². The van der Waals surface area contributed by atoms with Crippen LogP contribution in [0.25, 0.3) is 0 Å². The Kier molecular flexibility index (Phi) is 1.68. The van der Waals surface area contributed by atoms with E-state index >= 15 is 0 Å². The van der Waals surface area contributed by atoms with Gasteiger partial charge in [0.25, 0.3) is 5.92 Å². The molecule has 1 N–H and O–H groups in total. The SMILES string of the molecule is OC1COCCC1(F)F. The average Bonchev–Trinajstić information content (AvgIpc) is 1.77. The van der Waals surface area contributed by atoms with Crippen molar-refractivity contribution in [2.45, 2.75) is 18.4 Å². The van der Waals surface area contributed by atoms with Gasteiger partial charge in [-0.15, -0.1) is 0 Å². The summed E-state index contributed by atoms with van der Waals surface area (Å²) in [5.41, 5.74) is 0. The first-order chi connectivity index (χ1) is 4.13. The second kappa shape index (κ2) is 2.19. The lowest BCUT2D eigenvalue weighted by Crippen LogP contribution is -2.42. The fraction of sp³-hybridized carbons (Fsp3) is 1.00. The van der Waals surface area contributed by atoms with E-state index in [1.54, 1.807) is 0 Å². The van der Waals surface area contributed by atoms with E-state index in [1.807, 2.05) is 0 Å². The third-order valence-electron chi connectivity index (χ3n) is 1.34. The van der Waals surface area contributed by atoms with Gasteiger partial charge in [-0.1, -0.05) is 0 Å². The fourth-order valence-corrected chi connectivity index (χ4v) is 0.692. The zero-order chi connectivity index (χ0) is 6.91. The van der Waals surface area contributed by atoms with Gasteiger partial charge < -0.3 is 9.84 Å². The Balaban J connectivity index is 2.49. The number of aliphatic hydroxyl groups is 1. The van der Waals surface area contributed by atoms with E-state index in [9.17, 15) is 8.78 Å². The van der Waals surface area contributed by atoms with Crippen LogP contribution in [0.2, 0.25) is 0 Å². The van der Waals surface area contributed by atoms with E-state index in [-0.39, 0.29) is 19.6 Å². The molecule has 0 aliphatic carbocycles. The zero-order valence-corrected chi connectivity index (χ0v) is 4.81. The second-order valence-electron chi connectivity index (χ2n) is 2.10. The molecule has 0 amide bonds. The molecule has 0 bridgehead atoms. The Morgan fingerprint density at radius 1 is 1.56 bits per heavy atom. The van der Waals surface area contributed by atoms with Gasteiger partial charge >= 0.3 is 0 Å². The first-order valence-corrected chi connectivity index (χ1v) is 2.76. The number of halogens is 2. The lowest BCUT2D eigenvalue weighted by Gasteiger charge is -2.26. The Morgan fingerprint density at radius 2 is 2.22 bits per heavy atom. The van der Waals surface area contributed by atoms with E-state index < -0.39 is 12.0 Å². The molecule has 0 aromatic carbocycles. The molecule has 0 spiro atoms. The van der Waals surface area contributed by atoms with Gasteiger partial charge in [0, 0.05) is 6.42 Å². The molecule has 0 saturated carbocycles. The molecule has 0 aromatic rings. The molecule has 1 saturated heterocycles. The summed E-state index contributed by atoms with van der Waals surface area (Å²) in [6.07, 6.45) is -1.97. The standard InChI is InChI=1S/C5H8F2O2/c6-5(7)1-2-9-3-4(5)8/h4,8H,1-3H2. The maximum Gasteiger partial charge on any atom is 0.277 e. The van der Waals surface area contributed by atoms with Crippen molar-refractivity contribution in [3.8, 4) is 0 Å². The lowest BCUT2D eigenvalue weighted by molar-refractivity contribution is -0.177. The highest BCUT2D eigenvalue weighted by Crippen LogP contribution is 2.26. The Bertz CT molecular complexity index is 105. The van der Waals surface area contributed by atoms with Crippen LogP contribution in [0.1, 0.15) is 6.42 Å². The fourth-order valence-electron chi connectivity index (χ4n) is 0.692. The van der Waals surface area contributed by atoms with Crippen LogP contribution in [0.4, 0.5) is 8.78 Å². The summed E-state index contributed by atoms with van der Waals surface area (Å²) in [5, 5.41) is 8.56. The van der Waals surface area contributed by atoms with Gasteiger partial charge in [0.1, 0.15) is 6.10 Å². The van der Waals surface area contributed by atoms with E-state index in [0.717, 1.165) is 0 Å². The second-order valence-corrected chi connectivity index (χ2v) is 2.10. The maximum absolute atomic E-state index is 12.3. The Hall–Kier alpha value is -0.220. The first-order valence-electron chi connectivity index (χ1n) is 2.76. The zero-order valence-electron chi connectivity index (χ0n) is 4.81. The number of aliphatic hydroxyl groups excluding tert-OH is 1. The summed E-state index contributed by atoms with van der Waals surface area (Å²) in [5.74, 6) is -2.93. The largest absolute Gasteiger partial charge is 0.384 e. The van der Waals surface area contributed by atoms with Crippen LogP contribution in [0, 0.1) is 0 Å². The van der Waals surface area contributed by atoms with Crippen molar-refractivity contribution >= 4 is 0 Å². The minimum atomic E-state index is -2.93. The quantitative estimate of drug-likeness (QED) is 0.525. The Morgan fingerprint density at radius 3 is 2.56 bits per heavy atom. The summed E-state index contributed by atoms with van der Waals surface area (Å²) < 4.78 is 29.1. The summed E-state index contributed by atoms with van der Waals surface area (Å²) in [7, 11) is 0. The molecule has 0 radical (unpaired) electrons. The van der Waals surface area contributed by atoms with Gasteiger partial charge in [-0.2, -0.15) is 0 Å². The minimum absolute atomic E-state index is 0.0457. The summed E-state index contributed by atoms with van der Waals surface area (Å²) >= 11 is 0. The van der Waals surface area contributed by atoms with Gasteiger partial charge in [-0.25, -0.2) is 8.78 Å². The summed E-state index contributed by atoms with van der Waals surface area (Å²) in [4.78, 5) is 0. The van der Waals surface area contributed by atoms with E-state index in [2.05, 4.69) is 4.74 Å². The predicted molar refractivity (Wildman–Crippen MR) is 26.4 cm³/mol. The molecule has 1 heterocycles. The number of hydrogen-bond acceptors (Lipinski definition) is 2. The van der Waals surface area contributed by atoms with Crippen LogP contribution >= 0.6 is 0 Å². The number of ether oxygens (including phenoxy) is 1. The molecular formula is C5H8F2O2. The van der Waals surface area contributed by atoms with Crippen molar-refractivity contribution in [1.82, 2.24) is 0 Å². The molecule has 9 heavy (non-hydrogen) atoms. The van der Waals surface area contributed by atoms with Gasteiger partial charge in [-0.05, 0) is 0 Å². The molecule has 4 heteroatoms. The van der Waals surface area contributed by atoms with Crippen molar-refractivity contribution in [1.29, 1.82) is 0 Å². The molecule has 2 nitrogen and oxygen atoms in total. The van der Waals surface area contributed by atoms with Crippen molar-refractivity contribution in [2.75, 3.05) is 13.2 Å². The van der Waals surface area contributed by atoms with Crippen LogP contribution in [0.15, 0.2) is 0 Å². The normalized spacial score (nSPS) is 34.3. The summed E-state index contributed by atoms with van der Waals surface area (Å²) in [6, 6.07) is 0. The van der Waals surface area contributed by atoms with Crippen molar-refractivity contribution in [3.05, 3.63) is 0 Å². The lowest BCUT2D eigenvalue weighted by atomic mass is 10.1. The van der Waals surface area contributed by atoms with Crippen molar-refractivity contribution in [2.24, 2.45) is 0 Å². The van der Waals surface area contributed by atoms with Crippen LogP contribution in [-0.4, -0.2) is 30.3 Å². The van der Waals surface area contributed by atoms with Crippen molar-refractivity contribution < 1.29 is 18.6 Å². The van der Waals surface area contributed by atoms with E-state index in [1.165, 1.54) is 0 Å². The monoisotopic (exact) mass is 138 g/mol. The highest BCUT2D eigenvalue weighted by atomic mass is 19.3. The minimum Gasteiger partial charge on any atom is -0.384 e. The molecular weight excluding hydrogens is 130 g/mol. The third kappa shape index (κ3) is 1.37. The maximum atomic E-state index is 12.3. The molecule has 1 aliphatic heterocycles. The van der Waals surface area contributed by atoms with Crippen LogP contribution < -0.4 is 0 Å². The predicted octanol–water partition coefficient (Wildman–Crippen LogP) is 0.403. The molecule has 1 rings (SSSR count). The first kappa shape index (κ1) is 6.89. The third-order valence-corrected chi connectivity index (χ3v) is 1.34. The Labute approximate surface area is 51.4 Å². The van der Waals surface area contributed by atoms with Gasteiger partial charge in [0.05, 0.1) is 13.2 Å². The molecule has 1 aliphatic rings. The molecule has 0 aromatic heterocycles. The molecule has 1 fully saturated rings. The smallest absolute Gasteiger partial charge is 0.277 e. The van der Waals surface area contributed by atoms with Crippen LogP contribution in [0.5, 0.6) is 0 Å². The summed E-state index contributed by atoms with van der Waals surface area (Å²) in [6.45, 7) is -0.197. The number of rotatable bonds is 0. The molecule has 54 valence electrons. The van der Waals surface area contributed by atoms with E-state index in [0.29, 0.717) is 0 Å². The van der Waals surface area contributed by atoms with Gasteiger partial charge in [0.15, 0.2) is 0 Å². The molecule has 1 unspecified atom stereocenters. The van der Waals surface area contributed by atoms with Crippen molar-refractivity contribution in [3.63, 3.8) is 0 Å². The molecule has 1 atom stereocenters. The number of alkyl halides is 2. The van der Waals surface area contributed by atoms with Gasteiger partial charge in [-0.3, -0.25) is 0 Å². The topological polar surface area (TPSA) is 29.5 Å². The highest BCUT2D eigenvalue weighted by molar-refractivity contribution is 4.79. The highest BCUT2D eigenvalue weighted by Gasteiger charge is 2.40.